The Hall–Kier alpha value is -1.36. The Bertz CT molecular complexity index is 432. The number of aryl methyl sites for hydroxylation is 1. The minimum atomic E-state index is 0.273. The van der Waals surface area contributed by atoms with Gasteiger partial charge in [0, 0.05) is 32.2 Å². The molecule has 112 valence electrons. The summed E-state index contributed by atoms with van der Waals surface area (Å²) < 4.78 is 0. The van der Waals surface area contributed by atoms with Gasteiger partial charge in [-0.2, -0.15) is 0 Å². The number of aromatic nitrogens is 2. The molecule has 5 heteroatoms. The molecule has 0 atom stereocenters. The third-order valence-electron chi connectivity index (χ3n) is 3.89. The van der Waals surface area contributed by atoms with Gasteiger partial charge in [-0.25, -0.2) is 9.97 Å². The highest BCUT2D eigenvalue weighted by atomic mass is 16.3. The maximum atomic E-state index is 9.10. The first-order valence-electron chi connectivity index (χ1n) is 7.68. The van der Waals surface area contributed by atoms with Gasteiger partial charge in [-0.05, 0) is 31.1 Å². The van der Waals surface area contributed by atoms with E-state index in [0.29, 0.717) is 5.41 Å². The number of hydrogen-bond donors (Lipinski definition) is 3. The molecule has 0 radical (unpaired) electrons. The summed E-state index contributed by atoms with van der Waals surface area (Å²) in [6.45, 7) is 6.29. The standard InChI is InChI=1S/C15H26N4O/c1-3-8-16-13-10-14(19-12(4-2)18-13)17-11-15(5-6-15)7-9-20/h10,20H,3-9,11H2,1-2H3,(H2,16,17,18,19). The molecular formula is C15H26N4O. The molecule has 1 aliphatic rings. The SMILES string of the molecule is CCCNc1cc(NCC2(CCO)CC2)nc(CC)n1. The largest absolute Gasteiger partial charge is 0.396 e. The number of aliphatic hydroxyl groups is 1. The maximum Gasteiger partial charge on any atom is 0.132 e. The first-order valence-corrected chi connectivity index (χ1v) is 7.68. The van der Waals surface area contributed by atoms with Crippen LogP contribution in [0.3, 0.4) is 0 Å². The van der Waals surface area contributed by atoms with Gasteiger partial charge < -0.3 is 15.7 Å². The van der Waals surface area contributed by atoms with E-state index in [9.17, 15) is 0 Å². The summed E-state index contributed by atoms with van der Waals surface area (Å²) in [5.41, 5.74) is 0.295. The number of rotatable bonds is 9. The monoisotopic (exact) mass is 278 g/mol. The smallest absolute Gasteiger partial charge is 0.132 e. The van der Waals surface area contributed by atoms with E-state index >= 15 is 0 Å². The average Bonchev–Trinajstić information content (AvgIpc) is 3.23. The van der Waals surface area contributed by atoms with Gasteiger partial charge in [0.05, 0.1) is 0 Å². The molecule has 3 N–H and O–H groups in total. The summed E-state index contributed by atoms with van der Waals surface area (Å²) in [5.74, 6) is 2.65. The summed E-state index contributed by atoms with van der Waals surface area (Å²) >= 11 is 0. The first kappa shape index (κ1) is 15.0. The van der Waals surface area contributed by atoms with E-state index in [4.69, 9.17) is 5.11 Å². The van der Waals surface area contributed by atoms with E-state index in [1.54, 1.807) is 0 Å². The van der Waals surface area contributed by atoms with E-state index < -0.39 is 0 Å². The van der Waals surface area contributed by atoms with Crippen LogP contribution in [0.1, 0.15) is 45.4 Å². The number of anilines is 2. The molecule has 20 heavy (non-hydrogen) atoms. The van der Waals surface area contributed by atoms with E-state index in [1.165, 1.54) is 12.8 Å². The molecule has 5 nitrogen and oxygen atoms in total. The Morgan fingerprint density at radius 1 is 1.20 bits per heavy atom. The van der Waals surface area contributed by atoms with Gasteiger partial charge in [0.15, 0.2) is 0 Å². The molecule has 0 spiro atoms. The molecule has 1 fully saturated rings. The van der Waals surface area contributed by atoms with Crippen LogP contribution >= 0.6 is 0 Å². The van der Waals surface area contributed by atoms with E-state index in [-0.39, 0.29) is 6.61 Å². The molecule has 0 saturated heterocycles. The lowest BCUT2D eigenvalue weighted by Gasteiger charge is -2.16. The Morgan fingerprint density at radius 3 is 2.45 bits per heavy atom. The van der Waals surface area contributed by atoms with Crippen LogP contribution in [0.4, 0.5) is 11.6 Å². The Balaban J connectivity index is 1.99. The normalized spacial score (nSPS) is 15.9. The molecular weight excluding hydrogens is 252 g/mol. The third-order valence-corrected chi connectivity index (χ3v) is 3.89. The number of nitrogens with one attached hydrogen (secondary N) is 2. The lowest BCUT2D eigenvalue weighted by atomic mass is 10.0. The molecule has 1 aliphatic carbocycles. The Morgan fingerprint density at radius 2 is 1.90 bits per heavy atom. The predicted octanol–water partition coefficient (Wildman–Crippen LogP) is 2.44. The molecule has 2 rings (SSSR count). The zero-order valence-corrected chi connectivity index (χ0v) is 12.6. The fraction of sp³-hybridized carbons (Fsp3) is 0.733. The second-order valence-corrected chi connectivity index (χ2v) is 5.66. The van der Waals surface area contributed by atoms with Crippen molar-refractivity contribution in [1.29, 1.82) is 0 Å². The van der Waals surface area contributed by atoms with Gasteiger partial charge in [-0.1, -0.05) is 13.8 Å². The number of nitrogens with zero attached hydrogens (tertiary/aromatic N) is 2. The van der Waals surface area contributed by atoms with Crippen molar-refractivity contribution >= 4 is 11.6 Å². The molecule has 0 aliphatic heterocycles. The number of aliphatic hydroxyl groups excluding tert-OH is 1. The van der Waals surface area contributed by atoms with Gasteiger partial charge >= 0.3 is 0 Å². The molecule has 1 aromatic heterocycles. The lowest BCUT2D eigenvalue weighted by molar-refractivity contribution is 0.253. The highest BCUT2D eigenvalue weighted by Crippen LogP contribution is 2.48. The minimum absolute atomic E-state index is 0.273. The Labute approximate surface area is 121 Å². The fourth-order valence-electron chi connectivity index (χ4n) is 2.30. The summed E-state index contributed by atoms with van der Waals surface area (Å²) in [6.07, 6.45) is 5.19. The third kappa shape index (κ3) is 4.07. The van der Waals surface area contributed by atoms with Crippen molar-refractivity contribution in [2.45, 2.75) is 46.0 Å². The van der Waals surface area contributed by atoms with Crippen LogP contribution in [0.5, 0.6) is 0 Å². The molecule has 0 aromatic carbocycles. The summed E-state index contributed by atoms with van der Waals surface area (Å²) in [7, 11) is 0. The Kier molecular flexibility index (Phi) is 5.17. The van der Waals surface area contributed by atoms with Crippen molar-refractivity contribution in [3.63, 3.8) is 0 Å². The van der Waals surface area contributed by atoms with Gasteiger partial charge in [0.2, 0.25) is 0 Å². The van der Waals surface area contributed by atoms with Crippen LogP contribution in [0, 0.1) is 5.41 Å². The number of hydrogen-bond acceptors (Lipinski definition) is 5. The highest BCUT2D eigenvalue weighted by molar-refractivity contribution is 5.47. The zero-order chi connectivity index (χ0) is 14.4. The second kappa shape index (κ2) is 6.88. The topological polar surface area (TPSA) is 70.1 Å². The quantitative estimate of drug-likeness (QED) is 0.647. The van der Waals surface area contributed by atoms with Gasteiger partial charge in [0.1, 0.15) is 17.5 Å². The van der Waals surface area contributed by atoms with Crippen molar-refractivity contribution < 1.29 is 5.11 Å². The highest BCUT2D eigenvalue weighted by Gasteiger charge is 2.41. The van der Waals surface area contributed by atoms with E-state index in [1.807, 2.05) is 6.07 Å². The van der Waals surface area contributed by atoms with Crippen LogP contribution in [0.25, 0.3) is 0 Å². The van der Waals surface area contributed by atoms with Crippen molar-refractivity contribution in [2.24, 2.45) is 5.41 Å². The van der Waals surface area contributed by atoms with Gasteiger partial charge in [0.25, 0.3) is 0 Å². The second-order valence-electron chi connectivity index (χ2n) is 5.66. The van der Waals surface area contributed by atoms with Gasteiger partial charge in [-0.15, -0.1) is 0 Å². The predicted molar refractivity (Wildman–Crippen MR) is 82.1 cm³/mol. The van der Waals surface area contributed by atoms with E-state index in [0.717, 1.165) is 49.8 Å². The van der Waals surface area contributed by atoms with Crippen LogP contribution in [-0.2, 0) is 6.42 Å². The van der Waals surface area contributed by atoms with Crippen LogP contribution in [-0.4, -0.2) is 34.8 Å². The van der Waals surface area contributed by atoms with Crippen molar-refractivity contribution in [3.05, 3.63) is 11.9 Å². The minimum Gasteiger partial charge on any atom is -0.396 e. The molecule has 1 saturated carbocycles. The molecule has 0 amide bonds. The molecule has 0 unspecified atom stereocenters. The first-order chi connectivity index (χ1) is 9.71. The van der Waals surface area contributed by atoms with Crippen LogP contribution in [0.2, 0.25) is 0 Å². The molecule has 1 heterocycles. The van der Waals surface area contributed by atoms with Crippen molar-refractivity contribution in [1.82, 2.24) is 9.97 Å². The van der Waals surface area contributed by atoms with Crippen molar-refractivity contribution in [2.75, 3.05) is 30.3 Å². The van der Waals surface area contributed by atoms with E-state index in [2.05, 4.69) is 34.4 Å². The fourth-order valence-corrected chi connectivity index (χ4v) is 2.30. The lowest BCUT2D eigenvalue weighted by Crippen LogP contribution is -2.18. The molecule has 0 bridgehead atoms. The molecule has 1 aromatic rings. The summed E-state index contributed by atoms with van der Waals surface area (Å²) in [5, 5.41) is 15.8. The van der Waals surface area contributed by atoms with Crippen LogP contribution < -0.4 is 10.6 Å². The average molecular weight is 278 g/mol. The summed E-state index contributed by atoms with van der Waals surface area (Å²) in [6, 6.07) is 1.98. The zero-order valence-electron chi connectivity index (χ0n) is 12.6. The maximum absolute atomic E-state index is 9.10. The van der Waals surface area contributed by atoms with Gasteiger partial charge in [-0.3, -0.25) is 0 Å². The summed E-state index contributed by atoms with van der Waals surface area (Å²) in [4.78, 5) is 9.01. The van der Waals surface area contributed by atoms with Crippen molar-refractivity contribution in [3.8, 4) is 0 Å². The van der Waals surface area contributed by atoms with Crippen LogP contribution in [0.15, 0.2) is 6.07 Å².